The average Bonchev–Trinajstić information content (AvgIpc) is 3.08. The van der Waals surface area contributed by atoms with Crippen LogP contribution >= 0.6 is 0 Å². The number of carbonyl (C=O) groups is 3. The van der Waals surface area contributed by atoms with Crippen molar-refractivity contribution in [1.82, 2.24) is 20.1 Å². The molecule has 2 heterocycles. The van der Waals surface area contributed by atoms with Gasteiger partial charge >= 0.3 is 6.03 Å². The molecule has 2 aromatic carbocycles. The van der Waals surface area contributed by atoms with E-state index >= 15 is 0 Å². The number of urea groups is 1. The topological polar surface area (TPSA) is 125 Å². The van der Waals surface area contributed by atoms with Gasteiger partial charge in [0.25, 0.3) is 5.91 Å². The number of benzene rings is 2. The van der Waals surface area contributed by atoms with Gasteiger partial charge in [-0.1, -0.05) is 30.3 Å². The van der Waals surface area contributed by atoms with E-state index in [1.165, 1.54) is 23.5 Å². The van der Waals surface area contributed by atoms with Gasteiger partial charge in [-0.05, 0) is 49.6 Å². The predicted molar refractivity (Wildman–Crippen MR) is 122 cm³/mol. The highest BCUT2D eigenvalue weighted by atomic mass is 32.2. The molecule has 34 heavy (non-hydrogen) atoms. The molecule has 0 aliphatic carbocycles. The molecule has 10 nitrogen and oxygen atoms in total. The molecule has 2 fully saturated rings. The quantitative estimate of drug-likeness (QED) is 0.598. The van der Waals surface area contributed by atoms with Crippen molar-refractivity contribution >= 4 is 27.9 Å². The fourth-order valence-corrected chi connectivity index (χ4v) is 5.70. The van der Waals surface area contributed by atoms with Crippen molar-refractivity contribution in [2.75, 3.05) is 20.2 Å². The normalized spacial score (nSPS) is 23.5. The van der Waals surface area contributed by atoms with E-state index in [2.05, 4.69) is 10.7 Å². The van der Waals surface area contributed by atoms with Crippen molar-refractivity contribution < 1.29 is 27.5 Å². The largest absolute Gasteiger partial charge is 0.497 e. The standard InChI is InChI=1S/C23H26N4O6S/c1-23(17-8-4-3-5-9-17)21(29)27(22(30)24-23)25-20(28)16-7-6-14-26(15-16)34(31,32)19-12-10-18(33-2)11-13-19/h3-5,8-13,16H,6-7,14-15H2,1-2H3,(H,24,30)(H,25,28)/t16-,23-/m0/s1. The molecule has 4 rings (SSSR count). The van der Waals surface area contributed by atoms with Crippen LogP contribution in [0, 0.1) is 5.92 Å². The summed E-state index contributed by atoms with van der Waals surface area (Å²) >= 11 is 0. The molecule has 2 atom stereocenters. The van der Waals surface area contributed by atoms with Gasteiger partial charge in [0.05, 0.1) is 17.9 Å². The number of sulfonamides is 1. The Hall–Kier alpha value is -3.44. The summed E-state index contributed by atoms with van der Waals surface area (Å²) in [5.41, 5.74) is 1.66. The van der Waals surface area contributed by atoms with Crippen LogP contribution in [0.2, 0.25) is 0 Å². The Bertz CT molecular complexity index is 1200. The third-order valence-corrected chi connectivity index (χ3v) is 8.10. The molecule has 0 saturated carbocycles. The van der Waals surface area contributed by atoms with E-state index in [9.17, 15) is 22.8 Å². The average molecular weight is 487 g/mol. The highest BCUT2D eigenvalue weighted by Gasteiger charge is 2.50. The number of rotatable bonds is 6. The van der Waals surface area contributed by atoms with Crippen molar-refractivity contribution in [2.45, 2.75) is 30.2 Å². The number of nitrogens with zero attached hydrogens (tertiary/aromatic N) is 2. The van der Waals surface area contributed by atoms with Gasteiger partial charge in [0.2, 0.25) is 15.9 Å². The van der Waals surface area contributed by atoms with Crippen molar-refractivity contribution in [1.29, 1.82) is 0 Å². The number of carbonyl (C=O) groups excluding carboxylic acids is 3. The minimum Gasteiger partial charge on any atom is -0.497 e. The summed E-state index contributed by atoms with van der Waals surface area (Å²) in [6.45, 7) is 1.78. The predicted octanol–water partition coefficient (Wildman–Crippen LogP) is 1.59. The van der Waals surface area contributed by atoms with Gasteiger partial charge in [-0.3, -0.25) is 15.0 Å². The molecule has 2 aromatic rings. The summed E-state index contributed by atoms with van der Waals surface area (Å²) in [5.74, 6) is -1.39. The zero-order chi connectivity index (χ0) is 24.5. The Kier molecular flexibility index (Phi) is 6.32. The maximum atomic E-state index is 13.1. The molecular weight excluding hydrogens is 460 g/mol. The molecule has 2 saturated heterocycles. The molecule has 0 bridgehead atoms. The Morgan fingerprint density at radius 2 is 1.79 bits per heavy atom. The number of imide groups is 1. The maximum absolute atomic E-state index is 13.1. The van der Waals surface area contributed by atoms with E-state index in [-0.39, 0.29) is 18.0 Å². The molecule has 2 aliphatic rings. The van der Waals surface area contributed by atoms with Gasteiger partial charge in [0, 0.05) is 13.1 Å². The fraction of sp³-hybridized carbons (Fsp3) is 0.348. The first-order valence-corrected chi connectivity index (χ1v) is 12.3. The molecule has 11 heteroatoms. The number of hydrogen-bond donors (Lipinski definition) is 2. The second-order valence-electron chi connectivity index (χ2n) is 8.42. The summed E-state index contributed by atoms with van der Waals surface area (Å²) in [5, 5.41) is 3.30. The lowest BCUT2D eigenvalue weighted by atomic mass is 9.92. The van der Waals surface area contributed by atoms with E-state index in [0.717, 1.165) is 0 Å². The number of amides is 4. The van der Waals surface area contributed by atoms with Crippen molar-refractivity contribution in [3.63, 3.8) is 0 Å². The molecule has 0 aromatic heterocycles. The summed E-state index contributed by atoms with van der Waals surface area (Å²) in [6.07, 6.45) is 0.898. The van der Waals surface area contributed by atoms with E-state index in [4.69, 9.17) is 4.74 Å². The summed E-state index contributed by atoms with van der Waals surface area (Å²) in [7, 11) is -2.33. The number of hydrogen-bond acceptors (Lipinski definition) is 6. The highest BCUT2D eigenvalue weighted by Crippen LogP contribution is 2.29. The number of piperidine rings is 1. The van der Waals surface area contributed by atoms with Gasteiger partial charge in [0.1, 0.15) is 11.3 Å². The smallest absolute Gasteiger partial charge is 0.344 e. The van der Waals surface area contributed by atoms with Gasteiger partial charge in [0.15, 0.2) is 0 Å². The van der Waals surface area contributed by atoms with Gasteiger partial charge < -0.3 is 10.1 Å². The minimum atomic E-state index is -3.82. The Morgan fingerprint density at radius 1 is 1.12 bits per heavy atom. The van der Waals surface area contributed by atoms with Crippen LogP contribution in [0.4, 0.5) is 4.79 Å². The summed E-state index contributed by atoms with van der Waals surface area (Å²) in [6, 6.07) is 14.0. The lowest BCUT2D eigenvalue weighted by Crippen LogP contribution is -2.52. The van der Waals surface area contributed by atoms with E-state index in [0.29, 0.717) is 29.2 Å². The van der Waals surface area contributed by atoms with E-state index in [1.54, 1.807) is 49.4 Å². The van der Waals surface area contributed by atoms with E-state index < -0.39 is 39.3 Å². The first-order chi connectivity index (χ1) is 16.2. The number of nitrogens with one attached hydrogen (secondary N) is 2. The molecule has 180 valence electrons. The summed E-state index contributed by atoms with van der Waals surface area (Å²) in [4.78, 5) is 38.6. The maximum Gasteiger partial charge on any atom is 0.344 e. The van der Waals surface area contributed by atoms with Gasteiger partial charge in [-0.15, -0.1) is 0 Å². The highest BCUT2D eigenvalue weighted by molar-refractivity contribution is 7.89. The van der Waals surface area contributed by atoms with Crippen LogP contribution < -0.4 is 15.5 Å². The first kappa shape index (κ1) is 23.7. The lowest BCUT2D eigenvalue weighted by Gasteiger charge is -2.32. The number of hydrazine groups is 1. The summed E-state index contributed by atoms with van der Waals surface area (Å²) < 4.78 is 32.5. The molecule has 0 radical (unpaired) electrons. The van der Waals surface area contributed by atoms with Crippen LogP contribution in [0.15, 0.2) is 59.5 Å². The third kappa shape index (κ3) is 4.24. The second-order valence-corrected chi connectivity index (χ2v) is 10.4. The van der Waals surface area contributed by atoms with Crippen molar-refractivity contribution in [2.24, 2.45) is 5.92 Å². The minimum absolute atomic E-state index is 0.0558. The zero-order valence-electron chi connectivity index (χ0n) is 18.9. The second kappa shape index (κ2) is 9.07. The zero-order valence-corrected chi connectivity index (χ0v) is 19.7. The van der Waals surface area contributed by atoms with Crippen LogP contribution in [-0.4, -0.2) is 55.8 Å². The SMILES string of the molecule is COc1ccc(S(=O)(=O)N2CCC[C@H](C(=O)NN3C(=O)N[C@@](C)(c4ccccc4)C3=O)C2)cc1. The van der Waals surface area contributed by atoms with Gasteiger partial charge in [-0.25, -0.2) is 13.2 Å². The monoisotopic (exact) mass is 486 g/mol. The third-order valence-electron chi connectivity index (χ3n) is 6.22. The number of ether oxygens (including phenoxy) is 1. The van der Waals surface area contributed by atoms with Crippen molar-refractivity contribution in [3.8, 4) is 5.75 Å². The van der Waals surface area contributed by atoms with E-state index in [1.807, 2.05) is 0 Å². The fourth-order valence-electron chi connectivity index (χ4n) is 4.18. The van der Waals surface area contributed by atoms with Crippen LogP contribution in [0.25, 0.3) is 0 Å². The van der Waals surface area contributed by atoms with Crippen LogP contribution in [0.5, 0.6) is 5.75 Å². The first-order valence-electron chi connectivity index (χ1n) is 10.8. The Morgan fingerprint density at radius 3 is 2.44 bits per heavy atom. The van der Waals surface area contributed by atoms with Crippen LogP contribution in [0.1, 0.15) is 25.3 Å². The molecule has 2 aliphatic heterocycles. The van der Waals surface area contributed by atoms with Crippen LogP contribution in [0.3, 0.4) is 0 Å². The van der Waals surface area contributed by atoms with Crippen LogP contribution in [-0.2, 0) is 25.2 Å². The van der Waals surface area contributed by atoms with Gasteiger partial charge in [-0.2, -0.15) is 9.31 Å². The van der Waals surface area contributed by atoms with Crippen molar-refractivity contribution in [3.05, 3.63) is 60.2 Å². The molecule has 2 N–H and O–H groups in total. The molecule has 4 amide bonds. The molecule has 0 unspecified atom stereocenters. The Labute approximate surface area is 197 Å². The number of methoxy groups -OCH3 is 1. The lowest BCUT2D eigenvalue weighted by molar-refractivity contribution is -0.141. The Balaban J connectivity index is 1.46. The molecular formula is C23H26N4O6S. The molecule has 0 spiro atoms.